The Morgan fingerprint density at radius 1 is 1.38 bits per heavy atom. The zero-order chi connectivity index (χ0) is 15.4. The summed E-state index contributed by atoms with van der Waals surface area (Å²) in [5, 5.41) is 3.49. The maximum Gasteiger partial charge on any atom is 0.253 e. The molecule has 1 aromatic rings. The minimum atomic E-state index is -0.803. The van der Waals surface area contributed by atoms with Gasteiger partial charge in [-0.05, 0) is 66.7 Å². The molecule has 1 saturated carbocycles. The second-order valence-corrected chi connectivity index (χ2v) is 7.20. The van der Waals surface area contributed by atoms with Gasteiger partial charge in [-0.1, -0.05) is 11.6 Å². The first kappa shape index (κ1) is 14.9. The smallest absolute Gasteiger partial charge is 0.253 e. The zero-order valence-corrected chi connectivity index (χ0v) is 14.2. The SMILES string of the molecule is CC1C(=O)NC(C)(C2CC2)C(=O)N1c1ccc(Cl)cc1Br. The molecule has 0 spiro atoms. The highest BCUT2D eigenvalue weighted by atomic mass is 79.9. The molecule has 2 fully saturated rings. The van der Waals surface area contributed by atoms with Crippen LogP contribution >= 0.6 is 27.5 Å². The number of carbonyl (C=O) groups excluding carboxylic acids is 2. The first-order valence-corrected chi connectivity index (χ1v) is 8.12. The van der Waals surface area contributed by atoms with E-state index in [1.54, 1.807) is 30.0 Å². The highest BCUT2D eigenvalue weighted by molar-refractivity contribution is 9.10. The quantitative estimate of drug-likeness (QED) is 0.868. The number of amides is 2. The first-order valence-electron chi connectivity index (χ1n) is 6.95. The summed E-state index contributed by atoms with van der Waals surface area (Å²) in [4.78, 5) is 26.9. The molecule has 2 aliphatic rings. The molecule has 1 saturated heterocycles. The Kier molecular flexibility index (Phi) is 3.53. The fraction of sp³-hybridized carbons (Fsp3) is 0.467. The zero-order valence-electron chi connectivity index (χ0n) is 11.8. The van der Waals surface area contributed by atoms with E-state index in [0.29, 0.717) is 15.2 Å². The summed E-state index contributed by atoms with van der Waals surface area (Å²) < 4.78 is 0.711. The molecule has 4 nitrogen and oxygen atoms in total. The Morgan fingerprint density at radius 2 is 2.05 bits per heavy atom. The van der Waals surface area contributed by atoms with E-state index in [0.717, 1.165) is 12.8 Å². The minimum absolute atomic E-state index is 0.0554. The molecule has 1 aliphatic carbocycles. The molecule has 112 valence electrons. The van der Waals surface area contributed by atoms with Crippen molar-refractivity contribution in [1.82, 2.24) is 5.32 Å². The van der Waals surface area contributed by atoms with Gasteiger partial charge in [0.2, 0.25) is 5.91 Å². The van der Waals surface area contributed by atoms with Gasteiger partial charge in [-0.2, -0.15) is 0 Å². The van der Waals surface area contributed by atoms with E-state index in [1.165, 1.54) is 0 Å². The van der Waals surface area contributed by atoms with Crippen molar-refractivity contribution >= 4 is 45.0 Å². The first-order chi connectivity index (χ1) is 9.84. The standard InChI is InChI=1S/C15H16BrClN2O2/c1-8-13(20)18-15(2,9-3-4-9)14(21)19(8)12-6-5-10(17)7-11(12)16/h5-9H,3-4H2,1-2H3,(H,18,20). The van der Waals surface area contributed by atoms with E-state index in [4.69, 9.17) is 11.6 Å². The average Bonchev–Trinajstić information content (AvgIpc) is 3.24. The largest absolute Gasteiger partial charge is 0.340 e. The predicted octanol–water partition coefficient (Wildman–Crippen LogP) is 3.12. The van der Waals surface area contributed by atoms with Gasteiger partial charge in [0.1, 0.15) is 11.6 Å². The Labute approximate surface area is 137 Å². The molecular formula is C15H16BrClN2O2. The highest BCUT2D eigenvalue weighted by Gasteiger charge is 2.55. The van der Waals surface area contributed by atoms with Gasteiger partial charge < -0.3 is 5.32 Å². The lowest BCUT2D eigenvalue weighted by Crippen LogP contribution is -2.70. The summed E-state index contributed by atoms with van der Waals surface area (Å²) >= 11 is 9.40. The number of piperazine rings is 1. The van der Waals surface area contributed by atoms with E-state index in [9.17, 15) is 9.59 Å². The van der Waals surface area contributed by atoms with E-state index in [-0.39, 0.29) is 17.7 Å². The van der Waals surface area contributed by atoms with Crippen LogP contribution in [-0.4, -0.2) is 23.4 Å². The van der Waals surface area contributed by atoms with Crippen LogP contribution < -0.4 is 10.2 Å². The van der Waals surface area contributed by atoms with Crippen molar-refractivity contribution in [3.8, 4) is 0 Å². The number of benzene rings is 1. The van der Waals surface area contributed by atoms with Gasteiger partial charge in [0.05, 0.1) is 5.69 Å². The normalized spacial score (nSPS) is 29.5. The fourth-order valence-electron chi connectivity index (χ4n) is 2.89. The molecule has 2 atom stereocenters. The van der Waals surface area contributed by atoms with Crippen molar-refractivity contribution in [2.75, 3.05) is 4.90 Å². The van der Waals surface area contributed by atoms with Gasteiger partial charge in [0.25, 0.3) is 5.91 Å². The average molecular weight is 372 g/mol. The number of nitrogens with zero attached hydrogens (tertiary/aromatic N) is 1. The van der Waals surface area contributed by atoms with Gasteiger partial charge >= 0.3 is 0 Å². The number of nitrogens with one attached hydrogen (secondary N) is 1. The summed E-state index contributed by atoms with van der Waals surface area (Å²) in [7, 11) is 0. The van der Waals surface area contributed by atoms with Gasteiger partial charge in [-0.3, -0.25) is 14.5 Å². The van der Waals surface area contributed by atoms with E-state index in [1.807, 2.05) is 6.92 Å². The lowest BCUT2D eigenvalue weighted by molar-refractivity contribution is -0.138. The number of halogens is 2. The molecule has 1 heterocycles. The molecule has 21 heavy (non-hydrogen) atoms. The van der Waals surface area contributed by atoms with Gasteiger partial charge in [-0.15, -0.1) is 0 Å². The Balaban J connectivity index is 2.05. The lowest BCUT2D eigenvalue weighted by atomic mass is 9.89. The van der Waals surface area contributed by atoms with E-state index in [2.05, 4.69) is 21.2 Å². The van der Waals surface area contributed by atoms with Crippen LogP contribution in [0, 0.1) is 5.92 Å². The van der Waals surface area contributed by atoms with Gasteiger partial charge in [0, 0.05) is 9.50 Å². The lowest BCUT2D eigenvalue weighted by Gasteiger charge is -2.43. The number of hydrogen-bond acceptors (Lipinski definition) is 2. The third-order valence-corrected chi connectivity index (χ3v) is 5.25. The Morgan fingerprint density at radius 3 is 2.62 bits per heavy atom. The molecule has 0 aromatic heterocycles. The molecule has 2 amide bonds. The van der Waals surface area contributed by atoms with Crippen LogP contribution in [0.1, 0.15) is 26.7 Å². The second kappa shape index (κ2) is 4.99. The van der Waals surface area contributed by atoms with Crippen LogP contribution in [0.15, 0.2) is 22.7 Å². The number of hydrogen-bond donors (Lipinski definition) is 1. The van der Waals surface area contributed by atoms with Crippen LogP contribution in [0.25, 0.3) is 0 Å². The van der Waals surface area contributed by atoms with Crippen LogP contribution in [0.4, 0.5) is 5.69 Å². The summed E-state index contributed by atoms with van der Waals surface area (Å²) in [6, 6.07) is 4.69. The molecule has 3 rings (SSSR count). The maximum absolute atomic E-state index is 13.0. The third kappa shape index (κ3) is 2.36. The monoisotopic (exact) mass is 370 g/mol. The molecule has 1 aliphatic heterocycles. The highest BCUT2D eigenvalue weighted by Crippen LogP contribution is 2.44. The molecule has 1 N–H and O–H groups in total. The van der Waals surface area contributed by atoms with Crippen LogP contribution in [0.3, 0.4) is 0 Å². The van der Waals surface area contributed by atoms with Crippen LogP contribution in [0.2, 0.25) is 5.02 Å². The summed E-state index contributed by atoms with van der Waals surface area (Å²) in [6.45, 7) is 3.56. The van der Waals surface area contributed by atoms with Gasteiger partial charge in [-0.25, -0.2) is 0 Å². The fourth-order valence-corrected chi connectivity index (χ4v) is 3.76. The van der Waals surface area contributed by atoms with Crippen molar-refractivity contribution in [3.63, 3.8) is 0 Å². The molecule has 1 aromatic carbocycles. The Hall–Kier alpha value is -1.07. The Bertz CT molecular complexity index is 632. The van der Waals surface area contributed by atoms with E-state index >= 15 is 0 Å². The summed E-state index contributed by atoms with van der Waals surface area (Å²) in [6.07, 6.45) is 1.96. The second-order valence-electron chi connectivity index (χ2n) is 5.91. The van der Waals surface area contributed by atoms with E-state index < -0.39 is 11.6 Å². The summed E-state index contributed by atoms with van der Waals surface area (Å²) in [5.74, 6) is 0.0565. The topological polar surface area (TPSA) is 49.4 Å². The molecular weight excluding hydrogens is 356 g/mol. The summed E-state index contributed by atoms with van der Waals surface area (Å²) in [5.41, 5.74) is -0.124. The third-order valence-electron chi connectivity index (χ3n) is 4.38. The van der Waals surface area contributed by atoms with Crippen molar-refractivity contribution < 1.29 is 9.59 Å². The van der Waals surface area contributed by atoms with Crippen molar-refractivity contribution in [2.24, 2.45) is 5.92 Å². The van der Waals surface area contributed by atoms with Crippen LogP contribution in [0.5, 0.6) is 0 Å². The molecule has 0 bridgehead atoms. The molecule has 0 radical (unpaired) electrons. The molecule has 2 unspecified atom stereocenters. The number of rotatable bonds is 2. The number of carbonyl (C=O) groups is 2. The predicted molar refractivity (Wildman–Crippen MR) is 85.4 cm³/mol. The number of anilines is 1. The maximum atomic E-state index is 13.0. The minimum Gasteiger partial charge on any atom is -0.340 e. The van der Waals surface area contributed by atoms with Gasteiger partial charge in [0.15, 0.2) is 0 Å². The van der Waals surface area contributed by atoms with Crippen molar-refractivity contribution in [2.45, 2.75) is 38.3 Å². The molecule has 6 heteroatoms. The van der Waals surface area contributed by atoms with Crippen molar-refractivity contribution in [1.29, 1.82) is 0 Å². The van der Waals surface area contributed by atoms with Crippen molar-refractivity contribution in [3.05, 3.63) is 27.7 Å². The van der Waals surface area contributed by atoms with Crippen LogP contribution in [-0.2, 0) is 9.59 Å².